The van der Waals surface area contributed by atoms with Crippen molar-refractivity contribution in [3.63, 3.8) is 0 Å². The molecule has 0 aliphatic carbocycles. The number of ketones is 1. The Hall–Kier alpha value is -1.98. The number of nitrogens with zero attached hydrogens (tertiary/aromatic N) is 1. The van der Waals surface area contributed by atoms with Crippen molar-refractivity contribution in [3.8, 4) is 0 Å². The van der Waals surface area contributed by atoms with E-state index < -0.39 is 6.03 Å². The van der Waals surface area contributed by atoms with Gasteiger partial charge in [-0.1, -0.05) is 6.58 Å². The van der Waals surface area contributed by atoms with Gasteiger partial charge in [0, 0.05) is 12.8 Å². The van der Waals surface area contributed by atoms with Crippen molar-refractivity contribution < 1.29 is 19.1 Å². The zero-order valence-electron chi connectivity index (χ0n) is 10.3. The summed E-state index contributed by atoms with van der Waals surface area (Å²) < 4.78 is 4.76. The zero-order valence-corrected chi connectivity index (χ0v) is 10.3. The van der Waals surface area contributed by atoms with Gasteiger partial charge in [0.2, 0.25) is 0 Å². The molecule has 0 spiro atoms. The number of carbonyl (C=O) groups excluding carboxylic acids is 3. The highest BCUT2D eigenvalue weighted by Crippen LogP contribution is 2.08. The van der Waals surface area contributed by atoms with Crippen molar-refractivity contribution in [2.45, 2.75) is 32.6 Å². The van der Waals surface area contributed by atoms with Crippen molar-refractivity contribution >= 4 is 23.5 Å². The first-order valence-electron chi connectivity index (χ1n) is 5.82. The van der Waals surface area contributed by atoms with E-state index in [0.29, 0.717) is 25.9 Å². The Kier molecular flexibility index (Phi) is 5.23. The lowest BCUT2D eigenvalue weighted by Crippen LogP contribution is -2.19. The van der Waals surface area contributed by atoms with E-state index in [2.05, 4.69) is 16.9 Å². The third-order valence-electron chi connectivity index (χ3n) is 2.36. The van der Waals surface area contributed by atoms with E-state index in [1.807, 2.05) is 0 Å². The third-order valence-corrected chi connectivity index (χ3v) is 2.36. The molecule has 6 nitrogen and oxygen atoms in total. The van der Waals surface area contributed by atoms with E-state index in [0.717, 1.165) is 0 Å². The van der Waals surface area contributed by atoms with Crippen LogP contribution in [0, 0.1) is 0 Å². The summed E-state index contributed by atoms with van der Waals surface area (Å²) in [6.07, 6.45) is 1.67. The Morgan fingerprint density at radius 1 is 1.33 bits per heavy atom. The van der Waals surface area contributed by atoms with Crippen LogP contribution < -0.4 is 5.32 Å². The van der Waals surface area contributed by atoms with Gasteiger partial charge in [0.1, 0.15) is 5.71 Å². The summed E-state index contributed by atoms with van der Waals surface area (Å²) >= 11 is 0. The summed E-state index contributed by atoms with van der Waals surface area (Å²) in [5.41, 5.74) is 0.339. The highest BCUT2D eigenvalue weighted by atomic mass is 16.5. The molecule has 0 fully saturated rings. The van der Waals surface area contributed by atoms with E-state index >= 15 is 0 Å². The van der Waals surface area contributed by atoms with Crippen LogP contribution in [-0.4, -0.2) is 30.1 Å². The van der Waals surface area contributed by atoms with Crippen molar-refractivity contribution in [1.29, 1.82) is 0 Å². The smallest absolute Gasteiger partial charge is 0.346 e. The largest absolute Gasteiger partial charge is 0.466 e. The summed E-state index contributed by atoms with van der Waals surface area (Å²) in [7, 11) is 0. The molecule has 0 saturated heterocycles. The van der Waals surface area contributed by atoms with Crippen LogP contribution in [0.15, 0.2) is 17.3 Å². The molecule has 0 radical (unpaired) electrons. The number of ether oxygens (including phenoxy) is 1. The number of esters is 1. The molecule has 1 aliphatic rings. The molecule has 1 heterocycles. The summed E-state index contributed by atoms with van der Waals surface area (Å²) in [6.45, 7) is 5.64. The molecule has 6 heteroatoms. The molecule has 18 heavy (non-hydrogen) atoms. The molecule has 1 aliphatic heterocycles. The van der Waals surface area contributed by atoms with Crippen molar-refractivity contribution in [2.24, 2.45) is 4.99 Å². The second kappa shape index (κ2) is 6.68. The molecular weight excluding hydrogens is 236 g/mol. The van der Waals surface area contributed by atoms with Gasteiger partial charge in [0.25, 0.3) is 0 Å². The standard InChI is InChI=1S/C12H16N2O4/c1-3-18-10(16)7-5-4-6-9(15)11-8(2)13-12(17)14-11/h2-7H2,1H3,(H,13,17). The lowest BCUT2D eigenvalue weighted by molar-refractivity contribution is -0.143. The Labute approximate surface area is 105 Å². The Morgan fingerprint density at radius 2 is 2.00 bits per heavy atom. The van der Waals surface area contributed by atoms with Crippen LogP contribution in [0.3, 0.4) is 0 Å². The number of hydrogen-bond donors (Lipinski definition) is 1. The second-order valence-corrected chi connectivity index (χ2v) is 3.80. The van der Waals surface area contributed by atoms with E-state index in [1.54, 1.807) is 6.92 Å². The number of carbonyl (C=O) groups is 3. The average molecular weight is 252 g/mol. The van der Waals surface area contributed by atoms with E-state index in [9.17, 15) is 14.4 Å². The van der Waals surface area contributed by atoms with E-state index in [1.165, 1.54) is 0 Å². The molecule has 1 N–H and O–H groups in total. The fraction of sp³-hybridized carbons (Fsp3) is 0.500. The van der Waals surface area contributed by atoms with Gasteiger partial charge in [-0.3, -0.25) is 9.59 Å². The van der Waals surface area contributed by atoms with Crippen molar-refractivity contribution in [2.75, 3.05) is 6.61 Å². The van der Waals surface area contributed by atoms with Crippen LogP contribution in [-0.2, 0) is 14.3 Å². The molecule has 2 amide bonds. The fourth-order valence-electron chi connectivity index (χ4n) is 1.52. The lowest BCUT2D eigenvalue weighted by atomic mass is 10.1. The van der Waals surface area contributed by atoms with Gasteiger partial charge in [-0.25, -0.2) is 4.79 Å². The van der Waals surface area contributed by atoms with Crippen LogP contribution in [0.1, 0.15) is 32.6 Å². The van der Waals surface area contributed by atoms with Crippen LogP contribution in [0.5, 0.6) is 0 Å². The highest BCUT2D eigenvalue weighted by molar-refractivity contribution is 6.49. The molecule has 0 aromatic rings. The van der Waals surface area contributed by atoms with Crippen LogP contribution in [0.25, 0.3) is 0 Å². The maximum atomic E-state index is 11.7. The molecule has 0 aromatic carbocycles. The number of amides is 2. The second-order valence-electron chi connectivity index (χ2n) is 3.80. The first kappa shape index (κ1) is 14.1. The molecule has 0 unspecified atom stereocenters. The number of unbranched alkanes of at least 4 members (excludes halogenated alkanes) is 1. The number of Topliss-reactive ketones (excluding diaryl/α,β-unsaturated/α-hetero) is 1. The van der Waals surface area contributed by atoms with E-state index in [4.69, 9.17) is 4.74 Å². The monoisotopic (exact) mass is 252 g/mol. The Bertz CT molecular complexity index is 412. The van der Waals surface area contributed by atoms with Gasteiger partial charge in [-0.2, -0.15) is 4.99 Å². The number of allylic oxidation sites excluding steroid dienone is 1. The zero-order chi connectivity index (χ0) is 13.5. The molecule has 0 saturated carbocycles. The number of aliphatic imine (C=N–C) groups is 1. The summed E-state index contributed by atoms with van der Waals surface area (Å²) in [4.78, 5) is 37.1. The minimum absolute atomic E-state index is 0.0936. The minimum Gasteiger partial charge on any atom is -0.466 e. The van der Waals surface area contributed by atoms with Gasteiger partial charge >= 0.3 is 12.0 Å². The molecule has 0 aromatic heterocycles. The topological polar surface area (TPSA) is 84.8 Å². The number of urea groups is 1. The molecule has 1 rings (SSSR count). The maximum Gasteiger partial charge on any atom is 0.346 e. The van der Waals surface area contributed by atoms with Crippen molar-refractivity contribution in [3.05, 3.63) is 12.3 Å². The fourth-order valence-corrected chi connectivity index (χ4v) is 1.52. The number of hydrogen-bond acceptors (Lipinski definition) is 4. The maximum absolute atomic E-state index is 11.7. The van der Waals surface area contributed by atoms with E-state index in [-0.39, 0.29) is 29.6 Å². The van der Waals surface area contributed by atoms with Crippen molar-refractivity contribution in [1.82, 2.24) is 5.32 Å². The minimum atomic E-state index is -0.560. The first-order chi connectivity index (χ1) is 8.54. The molecule has 0 bridgehead atoms. The SMILES string of the molecule is C=C1NC(=O)N=C1C(=O)CCCCC(=O)OCC. The molecular formula is C12H16N2O4. The first-order valence-corrected chi connectivity index (χ1v) is 5.82. The third kappa shape index (κ3) is 4.12. The average Bonchev–Trinajstić information content (AvgIpc) is 2.64. The number of nitrogens with one attached hydrogen (secondary N) is 1. The molecule has 98 valence electrons. The highest BCUT2D eigenvalue weighted by Gasteiger charge is 2.23. The van der Waals surface area contributed by atoms with Gasteiger partial charge in [-0.05, 0) is 19.8 Å². The van der Waals surface area contributed by atoms with Crippen LogP contribution in [0.2, 0.25) is 0 Å². The lowest BCUT2D eigenvalue weighted by Gasteiger charge is -2.02. The predicted molar refractivity (Wildman–Crippen MR) is 65.2 cm³/mol. The van der Waals surface area contributed by atoms with Crippen LogP contribution in [0.4, 0.5) is 4.79 Å². The van der Waals surface area contributed by atoms with Gasteiger partial charge in [-0.15, -0.1) is 0 Å². The van der Waals surface area contributed by atoms with Gasteiger partial charge in [0.15, 0.2) is 5.78 Å². The summed E-state index contributed by atoms with van der Waals surface area (Å²) in [5.74, 6) is -0.494. The predicted octanol–water partition coefficient (Wildman–Crippen LogP) is 1.36. The summed E-state index contributed by atoms with van der Waals surface area (Å²) in [6, 6.07) is -0.560. The number of rotatable bonds is 7. The normalized spacial score (nSPS) is 14.2. The van der Waals surface area contributed by atoms with Crippen LogP contribution >= 0.6 is 0 Å². The van der Waals surface area contributed by atoms with Gasteiger partial charge < -0.3 is 10.1 Å². The quantitative estimate of drug-likeness (QED) is 0.547. The summed E-state index contributed by atoms with van der Waals surface area (Å²) in [5, 5.41) is 2.34. The Balaban J connectivity index is 2.26. The Morgan fingerprint density at radius 3 is 2.56 bits per heavy atom. The molecule has 0 atom stereocenters. The van der Waals surface area contributed by atoms with Gasteiger partial charge in [0.05, 0.1) is 12.3 Å².